The van der Waals surface area contributed by atoms with E-state index < -0.39 is 17.7 Å². The van der Waals surface area contributed by atoms with Gasteiger partial charge in [0.05, 0.1) is 15.2 Å². The second kappa shape index (κ2) is 5.26. The molecule has 1 aromatic heterocycles. The van der Waals surface area contributed by atoms with Gasteiger partial charge in [-0.15, -0.1) is 11.3 Å². The van der Waals surface area contributed by atoms with Crippen molar-refractivity contribution in [1.29, 1.82) is 0 Å². The van der Waals surface area contributed by atoms with Gasteiger partial charge in [0.2, 0.25) is 0 Å². The van der Waals surface area contributed by atoms with Gasteiger partial charge in [-0.3, -0.25) is 0 Å². The Kier molecular flexibility index (Phi) is 3.46. The van der Waals surface area contributed by atoms with Gasteiger partial charge in [0.15, 0.2) is 11.6 Å². The van der Waals surface area contributed by atoms with Crippen LogP contribution in [0.1, 0.15) is 16.6 Å². The highest BCUT2D eigenvalue weighted by atomic mass is 32.1. The van der Waals surface area contributed by atoms with Crippen molar-refractivity contribution in [2.75, 3.05) is 0 Å². The molecule has 0 aliphatic rings. The maximum absolute atomic E-state index is 13.7. The summed E-state index contributed by atoms with van der Waals surface area (Å²) >= 11 is 1.52. The largest absolute Gasteiger partial charge is 0.324 e. The Hall–Kier alpha value is -1.85. The number of benzene rings is 2. The standard InChI is InChI=1S/C15H12F2N2S/c16-10-5-3-4-9(15(10)17)11(18)8-14-19-12-6-1-2-7-13(12)20-14/h1-7,11H,8,18H2. The summed E-state index contributed by atoms with van der Waals surface area (Å²) < 4.78 is 28.0. The molecule has 5 heteroatoms. The first kappa shape index (κ1) is 13.1. The van der Waals surface area contributed by atoms with Crippen LogP contribution in [0.2, 0.25) is 0 Å². The maximum atomic E-state index is 13.7. The summed E-state index contributed by atoms with van der Waals surface area (Å²) in [7, 11) is 0. The molecule has 0 aliphatic carbocycles. The monoisotopic (exact) mass is 290 g/mol. The van der Waals surface area contributed by atoms with E-state index in [-0.39, 0.29) is 5.56 Å². The van der Waals surface area contributed by atoms with Gasteiger partial charge in [0, 0.05) is 18.0 Å². The van der Waals surface area contributed by atoms with E-state index in [1.807, 2.05) is 24.3 Å². The average Bonchev–Trinajstić information content (AvgIpc) is 2.83. The molecule has 2 aromatic carbocycles. The zero-order valence-electron chi connectivity index (χ0n) is 10.5. The van der Waals surface area contributed by atoms with Crippen LogP contribution in [0.5, 0.6) is 0 Å². The summed E-state index contributed by atoms with van der Waals surface area (Å²) in [6.45, 7) is 0. The van der Waals surface area contributed by atoms with Gasteiger partial charge >= 0.3 is 0 Å². The summed E-state index contributed by atoms with van der Waals surface area (Å²) in [5.41, 5.74) is 7.07. The number of para-hydroxylation sites is 1. The lowest BCUT2D eigenvalue weighted by Gasteiger charge is -2.11. The molecule has 0 amide bonds. The van der Waals surface area contributed by atoms with Crippen LogP contribution >= 0.6 is 11.3 Å². The van der Waals surface area contributed by atoms with Crippen molar-refractivity contribution in [1.82, 2.24) is 4.98 Å². The lowest BCUT2D eigenvalue weighted by molar-refractivity contribution is 0.488. The minimum Gasteiger partial charge on any atom is -0.324 e. The van der Waals surface area contributed by atoms with E-state index in [0.29, 0.717) is 6.42 Å². The van der Waals surface area contributed by atoms with Gasteiger partial charge in [-0.25, -0.2) is 13.8 Å². The van der Waals surface area contributed by atoms with Crippen LogP contribution in [0.4, 0.5) is 8.78 Å². The fraction of sp³-hybridized carbons (Fsp3) is 0.133. The van der Waals surface area contributed by atoms with E-state index in [1.165, 1.54) is 23.5 Å². The fourth-order valence-electron chi connectivity index (χ4n) is 2.11. The number of nitrogens with two attached hydrogens (primary N) is 1. The number of fused-ring (bicyclic) bond motifs is 1. The maximum Gasteiger partial charge on any atom is 0.163 e. The first-order chi connectivity index (χ1) is 9.65. The molecule has 0 fully saturated rings. The quantitative estimate of drug-likeness (QED) is 0.796. The van der Waals surface area contributed by atoms with Crippen molar-refractivity contribution >= 4 is 21.6 Å². The van der Waals surface area contributed by atoms with Gasteiger partial charge in [0.25, 0.3) is 0 Å². The van der Waals surface area contributed by atoms with Gasteiger partial charge in [0.1, 0.15) is 0 Å². The molecule has 2 nitrogen and oxygen atoms in total. The Morgan fingerprint density at radius 2 is 1.90 bits per heavy atom. The van der Waals surface area contributed by atoms with E-state index in [0.717, 1.165) is 21.3 Å². The zero-order valence-corrected chi connectivity index (χ0v) is 11.3. The van der Waals surface area contributed by atoms with Crippen molar-refractivity contribution in [2.45, 2.75) is 12.5 Å². The summed E-state index contributed by atoms with van der Waals surface area (Å²) in [4.78, 5) is 4.45. The minimum absolute atomic E-state index is 0.184. The molecular formula is C15H12F2N2S. The summed E-state index contributed by atoms with van der Waals surface area (Å²) in [5, 5.41) is 0.822. The third-order valence-corrected chi connectivity index (χ3v) is 4.17. The highest BCUT2D eigenvalue weighted by molar-refractivity contribution is 7.18. The van der Waals surface area contributed by atoms with Crippen molar-refractivity contribution in [3.8, 4) is 0 Å². The predicted octanol–water partition coefficient (Wildman–Crippen LogP) is 3.82. The van der Waals surface area contributed by atoms with Crippen LogP contribution in [0.25, 0.3) is 10.2 Å². The Bertz CT molecular complexity index is 721. The van der Waals surface area contributed by atoms with Crippen LogP contribution < -0.4 is 5.73 Å². The number of hydrogen-bond acceptors (Lipinski definition) is 3. The molecule has 0 saturated heterocycles. The molecule has 0 bridgehead atoms. The topological polar surface area (TPSA) is 38.9 Å². The summed E-state index contributed by atoms with van der Waals surface area (Å²) in [6, 6.07) is 11.2. The van der Waals surface area contributed by atoms with Crippen molar-refractivity contribution < 1.29 is 8.78 Å². The first-order valence-electron chi connectivity index (χ1n) is 6.19. The van der Waals surface area contributed by atoms with E-state index in [9.17, 15) is 8.78 Å². The molecule has 0 radical (unpaired) electrons. The SMILES string of the molecule is NC(Cc1nc2ccccc2s1)c1cccc(F)c1F. The van der Waals surface area contributed by atoms with E-state index in [1.54, 1.807) is 0 Å². The first-order valence-corrected chi connectivity index (χ1v) is 7.01. The summed E-state index contributed by atoms with van der Waals surface area (Å²) in [6.07, 6.45) is 0.389. The molecule has 20 heavy (non-hydrogen) atoms. The highest BCUT2D eigenvalue weighted by Gasteiger charge is 2.16. The van der Waals surface area contributed by atoms with Gasteiger partial charge in [-0.2, -0.15) is 0 Å². The van der Waals surface area contributed by atoms with Crippen molar-refractivity contribution in [2.24, 2.45) is 5.73 Å². The minimum atomic E-state index is -0.874. The van der Waals surface area contributed by atoms with E-state index in [4.69, 9.17) is 5.73 Å². The third-order valence-electron chi connectivity index (χ3n) is 3.11. The molecule has 3 rings (SSSR count). The zero-order chi connectivity index (χ0) is 14.1. The fourth-order valence-corrected chi connectivity index (χ4v) is 3.14. The third kappa shape index (κ3) is 2.42. The van der Waals surface area contributed by atoms with Crippen LogP contribution in [0.3, 0.4) is 0 Å². The average molecular weight is 290 g/mol. The Morgan fingerprint density at radius 1 is 1.10 bits per heavy atom. The summed E-state index contributed by atoms with van der Waals surface area (Å²) in [5.74, 6) is -1.75. The number of rotatable bonds is 3. The van der Waals surface area contributed by atoms with Crippen LogP contribution in [0.15, 0.2) is 42.5 Å². The molecule has 0 aliphatic heterocycles. The molecule has 3 aromatic rings. The molecule has 1 unspecified atom stereocenters. The second-order valence-corrected chi connectivity index (χ2v) is 5.64. The van der Waals surface area contributed by atoms with Crippen molar-refractivity contribution in [3.63, 3.8) is 0 Å². The number of halogens is 2. The van der Waals surface area contributed by atoms with Crippen LogP contribution in [-0.2, 0) is 6.42 Å². The molecule has 1 atom stereocenters. The molecule has 0 saturated carbocycles. The Labute approximate surface area is 118 Å². The molecular weight excluding hydrogens is 278 g/mol. The second-order valence-electron chi connectivity index (χ2n) is 4.53. The van der Waals surface area contributed by atoms with E-state index in [2.05, 4.69) is 4.98 Å². The number of hydrogen-bond donors (Lipinski definition) is 1. The highest BCUT2D eigenvalue weighted by Crippen LogP contribution is 2.26. The molecule has 102 valence electrons. The number of aromatic nitrogens is 1. The number of nitrogens with zero attached hydrogens (tertiary/aromatic N) is 1. The predicted molar refractivity (Wildman–Crippen MR) is 76.6 cm³/mol. The molecule has 2 N–H and O–H groups in total. The lowest BCUT2D eigenvalue weighted by atomic mass is 10.0. The van der Waals surface area contributed by atoms with Crippen LogP contribution in [0, 0.1) is 11.6 Å². The molecule has 1 heterocycles. The Morgan fingerprint density at radius 3 is 2.70 bits per heavy atom. The normalized spacial score (nSPS) is 12.8. The Balaban J connectivity index is 1.88. The van der Waals surface area contributed by atoms with Crippen LogP contribution in [-0.4, -0.2) is 4.98 Å². The van der Waals surface area contributed by atoms with Crippen molar-refractivity contribution in [3.05, 3.63) is 64.7 Å². The lowest BCUT2D eigenvalue weighted by Crippen LogP contribution is -2.15. The van der Waals surface area contributed by atoms with Gasteiger partial charge < -0.3 is 5.73 Å². The van der Waals surface area contributed by atoms with E-state index >= 15 is 0 Å². The molecule has 0 spiro atoms. The van der Waals surface area contributed by atoms with Gasteiger partial charge in [-0.1, -0.05) is 24.3 Å². The smallest absolute Gasteiger partial charge is 0.163 e. The van der Waals surface area contributed by atoms with Gasteiger partial charge in [-0.05, 0) is 18.2 Å². The number of thiazole rings is 1.